The number of aliphatic carboxylic acids is 1. The molecular weight excluding hydrogens is 474 g/mol. The van der Waals surface area contributed by atoms with E-state index in [4.69, 9.17) is 19.7 Å². The summed E-state index contributed by atoms with van der Waals surface area (Å²) in [4.78, 5) is 36.1. The fourth-order valence-corrected chi connectivity index (χ4v) is 4.95. The Morgan fingerprint density at radius 2 is 2.00 bits per heavy atom. The molecule has 2 atom stereocenters. The summed E-state index contributed by atoms with van der Waals surface area (Å²) in [5.41, 5.74) is 0.415. The number of pyridine rings is 1. The molecule has 0 bridgehead atoms. The molecule has 1 aliphatic carbocycles. The number of hydrogen-bond acceptors (Lipinski definition) is 7. The number of carboxylic acids is 1. The Morgan fingerprint density at radius 1 is 1.24 bits per heavy atom. The minimum absolute atomic E-state index is 0.0268. The van der Waals surface area contributed by atoms with Gasteiger partial charge >= 0.3 is 5.97 Å². The van der Waals surface area contributed by atoms with Gasteiger partial charge in [0.1, 0.15) is 17.9 Å². The lowest BCUT2D eigenvalue weighted by Gasteiger charge is -2.44. The number of hydrogen-bond donors (Lipinski definition) is 3. The second-order valence-electron chi connectivity index (χ2n) is 11.4. The molecular formula is C27H33N5O5. The van der Waals surface area contributed by atoms with E-state index in [2.05, 4.69) is 35.2 Å². The van der Waals surface area contributed by atoms with E-state index in [-0.39, 0.29) is 23.4 Å². The maximum Gasteiger partial charge on any atom is 0.335 e. The average molecular weight is 508 g/mol. The standard InChI is InChI=1S/C27H33N5O5/c1-25(2)10-8-16(9-11-25)21-19(31-23(33)22-29-15-17(14-28)30-22)6-7-20(32-21)36-18-12-26(3,4)37-27(5,13-18)24(34)35/h6-8,15,18H,9-13H2,1-5H3,(H,29,30)(H,31,33)(H,34,35)/t18?,27-/m0/s1. The summed E-state index contributed by atoms with van der Waals surface area (Å²) >= 11 is 0. The molecule has 196 valence electrons. The third kappa shape index (κ3) is 6.00. The van der Waals surface area contributed by atoms with Crippen molar-refractivity contribution in [2.24, 2.45) is 5.41 Å². The third-order valence-corrected chi connectivity index (χ3v) is 6.88. The van der Waals surface area contributed by atoms with Crippen molar-refractivity contribution in [1.82, 2.24) is 15.0 Å². The number of anilines is 1. The highest BCUT2D eigenvalue weighted by Gasteiger charge is 2.48. The molecule has 2 aromatic rings. The summed E-state index contributed by atoms with van der Waals surface area (Å²) in [5.74, 6) is -1.15. The van der Waals surface area contributed by atoms with Crippen LogP contribution in [-0.2, 0) is 9.53 Å². The molecule has 0 aromatic carbocycles. The van der Waals surface area contributed by atoms with Crippen molar-refractivity contribution in [3.63, 3.8) is 0 Å². The summed E-state index contributed by atoms with van der Waals surface area (Å²) < 4.78 is 12.1. The first kappa shape index (κ1) is 26.4. The lowest BCUT2D eigenvalue weighted by molar-refractivity contribution is -0.210. The van der Waals surface area contributed by atoms with Gasteiger partial charge in [-0.15, -0.1) is 0 Å². The van der Waals surface area contributed by atoms with Crippen LogP contribution in [0.4, 0.5) is 5.69 Å². The van der Waals surface area contributed by atoms with Gasteiger partial charge in [-0.2, -0.15) is 5.26 Å². The van der Waals surface area contributed by atoms with Crippen LogP contribution in [0.2, 0.25) is 0 Å². The molecule has 2 aromatic heterocycles. The second kappa shape index (κ2) is 9.63. The van der Waals surface area contributed by atoms with Gasteiger partial charge in [-0.1, -0.05) is 19.9 Å². The number of carbonyl (C=O) groups excluding carboxylic acids is 1. The molecule has 37 heavy (non-hydrogen) atoms. The highest BCUT2D eigenvalue weighted by molar-refractivity contribution is 6.03. The summed E-state index contributed by atoms with van der Waals surface area (Å²) in [6, 6.07) is 5.31. The van der Waals surface area contributed by atoms with Crippen LogP contribution in [0.25, 0.3) is 5.57 Å². The fraction of sp³-hybridized carbons (Fsp3) is 0.519. The first-order chi connectivity index (χ1) is 17.3. The molecule has 10 heteroatoms. The summed E-state index contributed by atoms with van der Waals surface area (Å²) in [6.07, 6.45) is 6.33. The number of carboxylic acid groups (broad SMARTS) is 1. The zero-order valence-corrected chi connectivity index (χ0v) is 21.8. The minimum Gasteiger partial charge on any atom is -0.479 e. The third-order valence-electron chi connectivity index (χ3n) is 6.88. The fourth-order valence-electron chi connectivity index (χ4n) is 4.95. The number of H-pyrrole nitrogens is 1. The quantitative estimate of drug-likeness (QED) is 0.509. The lowest BCUT2D eigenvalue weighted by Crippen LogP contribution is -2.54. The van der Waals surface area contributed by atoms with Crippen LogP contribution < -0.4 is 10.1 Å². The molecule has 1 fully saturated rings. The van der Waals surface area contributed by atoms with Crippen LogP contribution in [0.1, 0.15) is 88.7 Å². The van der Waals surface area contributed by atoms with Gasteiger partial charge in [0.05, 0.1) is 23.2 Å². The monoisotopic (exact) mass is 507 g/mol. The van der Waals surface area contributed by atoms with Gasteiger partial charge in [-0.3, -0.25) is 4.79 Å². The van der Waals surface area contributed by atoms with E-state index in [0.29, 0.717) is 23.7 Å². The first-order valence-corrected chi connectivity index (χ1v) is 12.4. The van der Waals surface area contributed by atoms with E-state index >= 15 is 0 Å². The molecule has 3 N–H and O–H groups in total. The molecule has 1 unspecified atom stereocenters. The van der Waals surface area contributed by atoms with E-state index in [1.807, 2.05) is 19.9 Å². The van der Waals surface area contributed by atoms with Gasteiger partial charge in [0.15, 0.2) is 11.4 Å². The molecule has 1 saturated heterocycles. The van der Waals surface area contributed by atoms with E-state index in [9.17, 15) is 14.7 Å². The van der Waals surface area contributed by atoms with Gasteiger partial charge < -0.3 is 24.9 Å². The van der Waals surface area contributed by atoms with Crippen LogP contribution in [0.3, 0.4) is 0 Å². The minimum atomic E-state index is -1.37. The Hall–Kier alpha value is -3.71. The van der Waals surface area contributed by atoms with Crippen LogP contribution in [-0.4, -0.2) is 49.2 Å². The van der Waals surface area contributed by atoms with E-state index in [1.165, 1.54) is 6.20 Å². The van der Waals surface area contributed by atoms with Crippen molar-refractivity contribution in [3.05, 3.63) is 41.6 Å². The molecule has 4 rings (SSSR count). The molecule has 0 radical (unpaired) electrons. The number of rotatable bonds is 6. The van der Waals surface area contributed by atoms with Crippen LogP contribution in [0.15, 0.2) is 24.4 Å². The number of allylic oxidation sites excluding steroid dienone is 2. The summed E-state index contributed by atoms with van der Waals surface area (Å²) in [7, 11) is 0. The van der Waals surface area contributed by atoms with E-state index < -0.39 is 29.2 Å². The predicted molar refractivity (Wildman–Crippen MR) is 136 cm³/mol. The molecule has 2 aliphatic rings. The Morgan fingerprint density at radius 3 is 2.62 bits per heavy atom. The Bertz CT molecular complexity index is 1290. The molecule has 0 spiro atoms. The predicted octanol–water partition coefficient (Wildman–Crippen LogP) is 4.70. The summed E-state index contributed by atoms with van der Waals surface area (Å²) in [6.45, 7) is 9.69. The zero-order chi connectivity index (χ0) is 27.0. The first-order valence-electron chi connectivity index (χ1n) is 12.4. The largest absolute Gasteiger partial charge is 0.479 e. The van der Waals surface area contributed by atoms with E-state index in [0.717, 1.165) is 24.8 Å². The number of nitriles is 1. The lowest BCUT2D eigenvalue weighted by atomic mass is 9.77. The van der Waals surface area contributed by atoms with Gasteiger partial charge in [0.25, 0.3) is 5.91 Å². The average Bonchev–Trinajstić information content (AvgIpc) is 3.28. The number of imidazole rings is 1. The molecule has 1 aliphatic heterocycles. The highest BCUT2D eigenvalue weighted by atomic mass is 16.6. The number of aromatic amines is 1. The number of nitrogens with zero attached hydrogens (tertiary/aromatic N) is 3. The number of carbonyl (C=O) groups is 2. The van der Waals surface area contributed by atoms with Crippen molar-refractivity contribution in [2.75, 3.05) is 5.32 Å². The number of aromatic nitrogens is 3. The normalized spacial score (nSPS) is 24.4. The van der Waals surface area contributed by atoms with E-state index in [1.54, 1.807) is 19.1 Å². The number of amides is 1. The Balaban J connectivity index is 1.63. The maximum absolute atomic E-state index is 12.8. The molecule has 0 saturated carbocycles. The van der Waals surface area contributed by atoms with Crippen LogP contribution in [0.5, 0.6) is 5.88 Å². The van der Waals surface area contributed by atoms with Crippen molar-refractivity contribution < 1.29 is 24.2 Å². The Kier molecular flexibility index (Phi) is 6.86. The molecule has 1 amide bonds. The maximum atomic E-state index is 12.8. The van der Waals surface area contributed by atoms with Crippen LogP contribution in [0, 0.1) is 16.7 Å². The summed E-state index contributed by atoms with van der Waals surface area (Å²) in [5, 5.41) is 21.6. The van der Waals surface area contributed by atoms with Gasteiger partial charge in [-0.25, -0.2) is 14.8 Å². The van der Waals surface area contributed by atoms with Gasteiger partial charge in [0.2, 0.25) is 5.88 Å². The number of nitrogens with one attached hydrogen (secondary N) is 2. The number of ether oxygens (including phenoxy) is 2. The smallest absolute Gasteiger partial charge is 0.335 e. The van der Waals surface area contributed by atoms with Crippen molar-refractivity contribution in [2.45, 2.75) is 84.0 Å². The van der Waals surface area contributed by atoms with Gasteiger partial charge in [0, 0.05) is 18.9 Å². The second-order valence-corrected chi connectivity index (χ2v) is 11.4. The van der Waals surface area contributed by atoms with Crippen molar-refractivity contribution in [3.8, 4) is 11.9 Å². The van der Waals surface area contributed by atoms with Gasteiger partial charge in [-0.05, 0) is 57.1 Å². The van der Waals surface area contributed by atoms with Crippen molar-refractivity contribution >= 4 is 23.1 Å². The zero-order valence-electron chi connectivity index (χ0n) is 21.8. The topological polar surface area (TPSA) is 150 Å². The highest BCUT2D eigenvalue weighted by Crippen LogP contribution is 2.41. The van der Waals surface area contributed by atoms with Crippen molar-refractivity contribution in [1.29, 1.82) is 5.26 Å². The Labute approximate surface area is 216 Å². The SMILES string of the molecule is CC1(C)CC=C(c2nc(OC3CC(C)(C)O[C@](C)(C(=O)O)C3)ccc2NC(=O)c2ncc(C#N)[nH]2)CC1. The molecule has 10 nitrogen and oxygen atoms in total. The van der Waals surface area contributed by atoms with Crippen LogP contribution >= 0.6 is 0 Å². The molecule has 3 heterocycles.